The Kier molecular flexibility index (Phi) is 3.62. The van der Waals surface area contributed by atoms with Gasteiger partial charge in [-0.3, -0.25) is 5.43 Å². The van der Waals surface area contributed by atoms with Gasteiger partial charge in [0.2, 0.25) is 11.9 Å². The van der Waals surface area contributed by atoms with Gasteiger partial charge in [-0.1, -0.05) is 0 Å². The second-order valence-electron chi connectivity index (χ2n) is 4.89. The number of hydrazine groups is 1. The summed E-state index contributed by atoms with van der Waals surface area (Å²) in [4.78, 5) is 18.9. The van der Waals surface area contributed by atoms with Crippen LogP contribution in [-0.2, 0) is 4.74 Å². The minimum atomic E-state index is 0.113. The van der Waals surface area contributed by atoms with Gasteiger partial charge in [-0.25, -0.2) is 10.8 Å². The largest absolute Gasteiger partial charge is 0.375 e. The molecule has 2 unspecified atom stereocenters. The summed E-state index contributed by atoms with van der Waals surface area (Å²) in [5, 5.41) is 4.02. The highest BCUT2D eigenvalue weighted by Gasteiger charge is 2.26. The van der Waals surface area contributed by atoms with Gasteiger partial charge in [0.25, 0.3) is 5.95 Å². The second kappa shape index (κ2) is 5.58. The van der Waals surface area contributed by atoms with E-state index >= 15 is 0 Å². The highest BCUT2D eigenvalue weighted by molar-refractivity contribution is 5.40. The Hall–Kier alpha value is -2.33. The molecule has 2 aromatic rings. The molecule has 10 heteroatoms. The van der Waals surface area contributed by atoms with E-state index in [4.69, 9.17) is 10.6 Å². The van der Waals surface area contributed by atoms with E-state index < -0.39 is 0 Å². The molecule has 0 spiro atoms. The number of aromatic nitrogens is 6. The van der Waals surface area contributed by atoms with E-state index in [1.165, 1.54) is 17.3 Å². The lowest BCUT2D eigenvalue weighted by molar-refractivity contribution is 0.0337. The van der Waals surface area contributed by atoms with E-state index in [0.29, 0.717) is 25.0 Å². The molecule has 2 atom stereocenters. The van der Waals surface area contributed by atoms with Crippen molar-refractivity contribution < 1.29 is 4.74 Å². The normalized spacial score (nSPS) is 22.3. The molecule has 0 aromatic carbocycles. The standard InChI is InChI=1S/C11H17N9O/c1-7-4-21-8(2)3-19(7)10-15-9(18-12)16-11(17-10)20-6-13-5-14-20/h5-8H,3-4,12H2,1-2H3,(H,15,16,17,18). The fourth-order valence-electron chi connectivity index (χ4n) is 2.14. The molecule has 0 saturated carbocycles. The Morgan fingerprint density at radius 3 is 2.81 bits per heavy atom. The summed E-state index contributed by atoms with van der Waals surface area (Å²) in [6, 6.07) is 0.165. The molecule has 10 nitrogen and oxygen atoms in total. The van der Waals surface area contributed by atoms with Gasteiger partial charge in [-0.05, 0) is 13.8 Å². The molecule has 1 aliphatic rings. The van der Waals surface area contributed by atoms with Gasteiger partial charge in [-0.2, -0.15) is 24.7 Å². The molecule has 0 amide bonds. The number of ether oxygens (including phenoxy) is 1. The molecule has 1 saturated heterocycles. The SMILES string of the molecule is CC1CN(c2nc(NN)nc(-n3cncn3)n2)C(C)CO1. The minimum Gasteiger partial charge on any atom is -0.375 e. The number of nitrogen functional groups attached to an aromatic ring is 1. The minimum absolute atomic E-state index is 0.113. The first-order valence-electron chi connectivity index (χ1n) is 6.63. The first kappa shape index (κ1) is 13.6. The van der Waals surface area contributed by atoms with E-state index in [1.807, 2.05) is 6.92 Å². The highest BCUT2D eigenvalue weighted by atomic mass is 16.5. The predicted octanol–water partition coefficient (Wildman–Crippen LogP) is -0.648. The van der Waals surface area contributed by atoms with Crippen molar-refractivity contribution in [1.29, 1.82) is 0 Å². The molecular formula is C11H17N9O. The van der Waals surface area contributed by atoms with Crippen molar-refractivity contribution in [2.75, 3.05) is 23.5 Å². The Morgan fingerprint density at radius 1 is 1.29 bits per heavy atom. The maximum absolute atomic E-state index is 5.62. The van der Waals surface area contributed by atoms with E-state index in [2.05, 4.69) is 42.3 Å². The van der Waals surface area contributed by atoms with Crippen LogP contribution in [0.5, 0.6) is 0 Å². The summed E-state index contributed by atoms with van der Waals surface area (Å²) >= 11 is 0. The monoisotopic (exact) mass is 291 g/mol. The van der Waals surface area contributed by atoms with Crippen LogP contribution in [-0.4, -0.2) is 55.0 Å². The van der Waals surface area contributed by atoms with E-state index in [0.717, 1.165) is 0 Å². The van der Waals surface area contributed by atoms with Crippen LogP contribution in [0, 0.1) is 0 Å². The van der Waals surface area contributed by atoms with E-state index in [-0.39, 0.29) is 18.1 Å². The van der Waals surface area contributed by atoms with Crippen molar-refractivity contribution in [3.05, 3.63) is 12.7 Å². The number of hydrogen-bond donors (Lipinski definition) is 2. The molecule has 0 bridgehead atoms. The zero-order chi connectivity index (χ0) is 14.8. The number of nitrogens with zero attached hydrogens (tertiary/aromatic N) is 7. The van der Waals surface area contributed by atoms with Crippen LogP contribution in [0.2, 0.25) is 0 Å². The fourth-order valence-corrected chi connectivity index (χ4v) is 2.14. The summed E-state index contributed by atoms with van der Waals surface area (Å²) in [6.07, 6.45) is 3.05. The van der Waals surface area contributed by atoms with E-state index in [9.17, 15) is 0 Å². The van der Waals surface area contributed by atoms with Gasteiger partial charge in [0.05, 0.1) is 18.8 Å². The molecule has 112 valence electrons. The van der Waals surface area contributed by atoms with Crippen molar-refractivity contribution in [1.82, 2.24) is 29.7 Å². The first-order valence-corrected chi connectivity index (χ1v) is 6.63. The summed E-state index contributed by atoms with van der Waals surface area (Å²) in [5.74, 6) is 6.61. The van der Waals surface area contributed by atoms with Crippen LogP contribution < -0.4 is 16.2 Å². The number of anilines is 2. The number of hydrogen-bond acceptors (Lipinski definition) is 9. The molecule has 21 heavy (non-hydrogen) atoms. The Morgan fingerprint density at radius 2 is 2.10 bits per heavy atom. The maximum Gasteiger partial charge on any atom is 0.258 e. The molecule has 3 rings (SSSR count). The lowest BCUT2D eigenvalue weighted by atomic mass is 10.2. The predicted molar refractivity (Wildman–Crippen MR) is 74.8 cm³/mol. The number of nitrogens with two attached hydrogens (primary N) is 1. The van der Waals surface area contributed by atoms with Gasteiger partial charge >= 0.3 is 0 Å². The van der Waals surface area contributed by atoms with Crippen molar-refractivity contribution in [3.63, 3.8) is 0 Å². The average molecular weight is 291 g/mol. The molecule has 2 aromatic heterocycles. The first-order chi connectivity index (χ1) is 10.2. The van der Waals surface area contributed by atoms with Gasteiger partial charge in [0, 0.05) is 6.54 Å². The molecule has 3 heterocycles. The van der Waals surface area contributed by atoms with Crippen molar-refractivity contribution in [3.8, 4) is 5.95 Å². The van der Waals surface area contributed by atoms with E-state index in [1.54, 1.807) is 0 Å². The van der Waals surface area contributed by atoms with Crippen molar-refractivity contribution in [2.45, 2.75) is 26.0 Å². The highest BCUT2D eigenvalue weighted by Crippen LogP contribution is 2.19. The summed E-state index contributed by atoms with van der Waals surface area (Å²) < 4.78 is 7.08. The summed E-state index contributed by atoms with van der Waals surface area (Å²) in [5.41, 5.74) is 2.45. The molecular weight excluding hydrogens is 274 g/mol. The second-order valence-corrected chi connectivity index (χ2v) is 4.89. The van der Waals surface area contributed by atoms with Crippen LogP contribution >= 0.6 is 0 Å². The third kappa shape index (κ3) is 2.76. The quantitative estimate of drug-likeness (QED) is 0.561. The van der Waals surface area contributed by atoms with Gasteiger partial charge in [0.15, 0.2) is 0 Å². The Bertz CT molecular complexity index is 602. The Balaban J connectivity index is 1.99. The smallest absolute Gasteiger partial charge is 0.258 e. The van der Waals surface area contributed by atoms with Crippen LogP contribution in [0.4, 0.5) is 11.9 Å². The zero-order valence-electron chi connectivity index (χ0n) is 11.8. The van der Waals surface area contributed by atoms with Gasteiger partial charge in [-0.15, -0.1) is 0 Å². The zero-order valence-corrected chi connectivity index (χ0v) is 11.8. The molecule has 1 aliphatic heterocycles. The Labute approximate surface area is 121 Å². The average Bonchev–Trinajstić information content (AvgIpc) is 3.03. The number of rotatable bonds is 3. The van der Waals surface area contributed by atoms with Crippen LogP contribution in [0.1, 0.15) is 13.8 Å². The molecule has 0 aliphatic carbocycles. The van der Waals surface area contributed by atoms with Crippen LogP contribution in [0.25, 0.3) is 5.95 Å². The topological polar surface area (TPSA) is 120 Å². The number of nitrogens with one attached hydrogen (secondary N) is 1. The molecule has 1 fully saturated rings. The van der Waals surface area contributed by atoms with Crippen LogP contribution in [0.3, 0.4) is 0 Å². The number of morpholine rings is 1. The summed E-state index contributed by atoms with van der Waals surface area (Å²) in [7, 11) is 0. The third-order valence-electron chi connectivity index (χ3n) is 3.23. The van der Waals surface area contributed by atoms with Crippen molar-refractivity contribution >= 4 is 11.9 Å². The van der Waals surface area contributed by atoms with Gasteiger partial charge < -0.3 is 9.64 Å². The maximum atomic E-state index is 5.62. The van der Waals surface area contributed by atoms with Crippen LogP contribution in [0.15, 0.2) is 12.7 Å². The van der Waals surface area contributed by atoms with Gasteiger partial charge in [0.1, 0.15) is 12.7 Å². The lowest BCUT2D eigenvalue weighted by Crippen LogP contribution is -2.48. The molecule has 0 radical (unpaired) electrons. The summed E-state index contributed by atoms with van der Waals surface area (Å²) in [6.45, 7) is 5.39. The fraction of sp³-hybridized carbons (Fsp3) is 0.545. The van der Waals surface area contributed by atoms with Crippen molar-refractivity contribution in [2.24, 2.45) is 5.84 Å². The lowest BCUT2D eigenvalue weighted by Gasteiger charge is -2.36. The third-order valence-corrected chi connectivity index (χ3v) is 3.23. The molecule has 3 N–H and O–H groups in total.